The second-order valence-corrected chi connectivity index (χ2v) is 8.91. The van der Waals surface area contributed by atoms with Crippen LogP contribution in [-0.4, -0.2) is 24.6 Å². The molecule has 0 amide bonds. The number of hydrazone groups is 1. The molecule has 4 rings (SSSR count). The number of hydrogen-bond donors (Lipinski definition) is 0. The molecule has 2 heterocycles. The van der Waals surface area contributed by atoms with Gasteiger partial charge in [0.05, 0.1) is 16.6 Å². The minimum absolute atomic E-state index is 0.188. The Bertz CT molecular complexity index is 947. The number of nitrogens with zero attached hydrogens (tertiary/aromatic N) is 2. The molecule has 0 N–H and O–H groups in total. The minimum atomic E-state index is -3.60. The Morgan fingerprint density at radius 3 is 2.54 bits per heavy atom. The quantitative estimate of drug-likeness (QED) is 0.799. The Hall–Kier alpha value is -2.14. The summed E-state index contributed by atoms with van der Waals surface area (Å²) < 4.78 is 27.5. The van der Waals surface area contributed by atoms with Crippen molar-refractivity contribution in [2.45, 2.75) is 38.1 Å². The molecule has 4 nitrogen and oxygen atoms in total. The van der Waals surface area contributed by atoms with Crippen LogP contribution in [0.15, 0.2) is 58.5 Å². The van der Waals surface area contributed by atoms with Gasteiger partial charge in [-0.3, -0.25) is 0 Å². The average Bonchev–Trinajstić information content (AvgIpc) is 2.80. The molecule has 0 radical (unpaired) electrons. The van der Waals surface area contributed by atoms with Gasteiger partial charge in [0.2, 0.25) is 0 Å². The molecule has 2 aromatic rings. The Morgan fingerprint density at radius 1 is 1.12 bits per heavy atom. The molecule has 2 aliphatic rings. The van der Waals surface area contributed by atoms with E-state index in [9.17, 15) is 8.42 Å². The number of sulfonamides is 1. The smallest absolute Gasteiger partial charge is 0.200 e. The number of fused-ring (bicyclic) bond motifs is 2. The molecule has 124 valence electrons. The molecule has 2 aromatic carbocycles. The normalized spacial score (nSPS) is 23.4. The molecule has 2 aliphatic heterocycles. The van der Waals surface area contributed by atoms with E-state index in [1.165, 1.54) is 4.41 Å². The molecule has 5 heteroatoms. The fourth-order valence-corrected chi connectivity index (χ4v) is 5.52. The maximum atomic E-state index is 13.1. The van der Waals surface area contributed by atoms with Crippen LogP contribution in [0.25, 0.3) is 0 Å². The van der Waals surface area contributed by atoms with Gasteiger partial charge >= 0.3 is 0 Å². The fourth-order valence-electron chi connectivity index (χ4n) is 3.74. The van der Waals surface area contributed by atoms with Crippen molar-refractivity contribution in [3.8, 4) is 0 Å². The van der Waals surface area contributed by atoms with E-state index < -0.39 is 10.0 Å². The summed E-state index contributed by atoms with van der Waals surface area (Å²) in [5, 5.41) is 4.57. The molecular formula is C19H20N2O2S. The van der Waals surface area contributed by atoms with Crippen molar-refractivity contribution in [2.75, 3.05) is 0 Å². The second-order valence-electron chi connectivity index (χ2n) is 7.15. The Labute approximate surface area is 142 Å². The lowest BCUT2D eigenvalue weighted by Crippen LogP contribution is -2.47. The van der Waals surface area contributed by atoms with Gasteiger partial charge < -0.3 is 0 Å². The molecule has 1 unspecified atom stereocenters. The van der Waals surface area contributed by atoms with Gasteiger partial charge in [0.15, 0.2) is 0 Å². The molecule has 0 saturated heterocycles. The van der Waals surface area contributed by atoms with Gasteiger partial charge in [-0.1, -0.05) is 61.9 Å². The third-order valence-electron chi connectivity index (χ3n) is 5.11. The van der Waals surface area contributed by atoms with Crippen LogP contribution in [-0.2, 0) is 16.4 Å². The SMILES string of the molecule is Cc1ccc2c(c1)CC1N(N=C(c3ccccc3)C1(C)C)S2(=O)=O. The lowest BCUT2D eigenvalue weighted by molar-refractivity contribution is 0.250. The Kier molecular flexibility index (Phi) is 3.16. The van der Waals surface area contributed by atoms with E-state index in [0.717, 1.165) is 22.4 Å². The second kappa shape index (κ2) is 4.93. The van der Waals surface area contributed by atoms with Crippen LogP contribution in [0.2, 0.25) is 0 Å². The maximum absolute atomic E-state index is 13.1. The van der Waals surface area contributed by atoms with Gasteiger partial charge in [-0.25, -0.2) is 0 Å². The largest absolute Gasteiger partial charge is 0.279 e. The van der Waals surface area contributed by atoms with Crippen LogP contribution in [0, 0.1) is 12.3 Å². The Morgan fingerprint density at radius 2 is 1.83 bits per heavy atom. The van der Waals surface area contributed by atoms with Crippen LogP contribution in [0.3, 0.4) is 0 Å². The topological polar surface area (TPSA) is 49.7 Å². The van der Waals surface area contributed by atoms with E-state index in [1.807, 2.05) is 49.4 Å². The first-order chi connectivity index (χ1) is 11.3. The summed E-state index contributed by atoms with van der Waals surface area (Å²) in [7, 11) is -3.60. The number of benzene rings is 2. The predicted molar refractivity (Wildman–Crippen MR) is 94.5 cm³/mol. The molecule has 1 atom stereocenters. The van der Waals surface area contributed by atoms with Crippen molar-refractivity contribution in [3.63, 3.8) is 0 Å². The summed E-state index contributed by atoms with van der Waals surface area (Å²) in [6, 6.07) is 15.2. The first-order valence-corrected chi connectivity index (χ1v) is 9.54. The van der Waals surface area contributed by atoms with Gasteiger partial charge in [-0.2, -0.15) is 17.9 Å². The lowest BCUT2D eigenvalue weighted by Gasteiger charge is -2.36. The van der Waals surface area contributed by atoms with Crippen molar-refractivity contribution in [1.82, 2.24) is 4.41 Å². The molecule has 24 heavy (non-hydrogen) atoms. The van der Waals surface area contributed by atoms with Crippen molar-refractivity contribution >= 4 is 15.7 Å². The highest BCUT2D eigenvalue weighted by Crippen LogP contribution is 2.44. The maximum Gasteiger partial charge on any atom is 0.279 e. The summed E-state index contributed by atoms with van der Waals surface area (Å²) in [5.41, 5.74) is 3.44. The van der Waals surface area contributed by atoms with E-state index in [2.05, 4.69) is 18.9 Å². The van der Waals surface area contributed by atoms with Gasteiger partial charge in [0, 0.05) is 5.41 Å². The van der Waals surface area contributed by atoms with Gasteiger partial charge in [0.1, 0.15) is 0 Å². The van der Waals surface area contributed by atoms with E-state index in [4.69, 9.17) is 0 Å². The highest BCUT2D eigenvalue weighted by atomic mass is 32.2. The molecule has 0 spiro atoms. The molecule has 0 bridgehead atoms. The summed E-state index contributed by atoms with van der Waals surface area (Å²) in [6.45, 7) is 6.16. The van der Waals surface area contributed by atoms with Crippen LogP contribution < -0.4 is 0 Å². The minimum Gasteiger partial charge on any atom is -0.200 e. The predicted octanol–water partition coefficient (Wildman–Crippen LogP) is 3.35. The number of hydrogen-bond acceptors (Lipinski definition) is 3. The van der Waals surface area contributed by atoms with Crippen molar-refractivity contribution in [2.24, 2.45) is 10.5 Å². The van der Waals surface area contributed by atoms with Gasteiger partial charge in [0.25, 0.3) is 10.0 Å². The van der Waals surface area contributed by atoms with Crippen LogP contribution >= 0.6 is 0 Å². The summed E-state index contributed by atoms with van der Waals surface area (Å²) in [6.07, 6.45) is 0.684. The summed E-state index contributed by atoms with van der Waals surface area (Å²) in [5.74, 6) is 0. The highest BCUT2D eigenvalue weighted by Gasteiger charge is 2.52. The van der Waals surface area contributed by atoms with Gasteiger partial charge in [-0.15, -0.1) is 0 Å². The summed E-state index contributed by atoms with van der Waals surface area (Å²) in [4.78, 5) is 0.387. The van der Waals surface area contributed by atoms with E-state index >= 15 is 0 Å². The number of rotatable bonds is 1. The average molecular weight is 340 g/mol. The third-order valence-corrected chi connectivity index (χ3v) is 6.89. The first kappa shape index (κ1) is 15.4. The van der Waals surface area contributed by atoms with Crippen LogP contribution in [0.1, 0.15) is 30.5 Å². The van der Waals surface area contributed by atoms with Crippen molar-refractivity contribution < 1.29 is 8.42 Å². The van der Waals surface area contributed by atoms with Gasteiger partial charge in [-0.05, 0) is 30.5 Å². The first-order valence-electron chi connectivity index (χ1n) is 8.10. The monoisotopic (exact) mass is 340 g/mol. The lowest BCUT2D eigenvalue weighted by atomic mass is 9.76. The fraction of sp³-hybridized carbons (Fsp3) is 0.316. The Balaban J connectivity index is 1.89. The van der Waals surface area contributed by atoms with Crippen molar-refractivity contribution in [3.05, 3.63) is 65.2 Å². The molecule has 0 saturated carbocycles. The van der Waals surface area contributed by atoms with Crippen molar-refractivity contribution in [1.29, 1.82) is 0 Å². The van der Waals surface area contributed by atoms with E-state index in [0.29, 0.717) is 11.3 Å². The number of aryl methyl sites for hydroxylation is 1. The van der Waals surface area contributed by atoms with E-state index in [-0.39, 0.29) is 11.5 Å². The zero-order valence-electron chi connectivity index (χ0n) is 14.0. The molecule has 0 aliphatic carbocycles. The van der Waals surface area contributed by atoms with Crippen LogP contribution in [0.4, 0.5) is 0 Å². The molecular weight excluding hydrogens is 320 g/mol. The van der Waals surface area contributed by atoms with E-state index in [1.54, 1.807) is 6.07 Å². The third kappa shape index (κ3) is 2.04. The zero-order chi connectivity index (χ0) is 17.1. The summed E-state index contributed by atoms with van der Waals surface area (Å²) >= 11 is 0. The van der Waals surface area contributed by atoms with Crippen LogP contribution in [0.5, 0.6) is 0 Å². The highest BCUT2D eigenvalue weighted by molar-refractivity contribution is 7.89. The standard InChI is InChI=1S/C19H20N2O2S/c1-13-9-10-16-15(11-13)12-17-19(2,3)18(14-7-5-4-6-8-14)20-21(17)24(16,22)23/h4-11,17H,12H2,1-3H3. The molecule has 0 aromatic heterocycles. The zero-order valence-corrected chi connectivity index (χ0v) is 14.8. The molecule has 0 fully saturated rings.